The fourth-order valence-corrected chi connectivity index (χ4v) is 2.18. The number of aryl methyl sites for hydroxylation is 1. The molecule has 1 fully saturated rings. The number of nitrogens with zero attached hydrogens (tertiary/aromatic N) is 2. The number of hydrogen-bond donors (Lipinski definition) is 2. The maximum atomic E-state index is 13.2. The quantitative estimate of drug-likeness (QED) is 0.887. The zero-order valence-electron chi connectivity index (χ0n) is 10.8. The van der Waals surface area contributed by atoms with Gasteiger partial charge in [0.25, 0.3) is 0 Å². The lowest BCUT2D eigenvalue weighted by molar-refractivity contribution is 0.191. The van der Waals surface area contributed by atoms with Gasteiger partial charge in [-0.15, -0.1) is 12.4 Å². The van der Waals surface area contributed by atoms with Crippen LogP contribution in [0.4, 0.5) is 4.39 Å². The Bertz CT molecular complexity index is 605. The molecule has 3 rings (SSSR count). The number of rotatable bonds is 2. The molecule has 2 atom stereocenters. The van der Waals surface area contributed by atoms with Crippen LogP contribution in [-0.2, 0) is 0 Å². The predicted octanol–water partition coefficient (Wildman–Crippen LogP) is 2.00. The number of aliphatic hydroxyl groups excluding tert-OH is 1. The fraction of sp³-hybridized carbons (Fsp3) is 0.385. The van der Waals surface area contributed by atoms with Gasteiger partial charge in [-0.3, -0.25) is 0 Å². The minimum absolute atomic E-state index is 0. The average molecular weight is 300 g/mol. The Morgan fingerprint density at radius 3 is 2.90 bits per heavy atom. The van der Waals surface area contributed by atoms with Gasteiger partial charge in [0.15, 0.2) is 0 Å². The lowest BCUT2D eigenvalue weighted by Crippen LogP contribution is -2.15. The van der Waals surface area contributed by atoms with Crippen LogP contribution >= 0.6 is 12.4 Å². The second-order valence-corrected chi connectivity index (χ2v) is 4.77. The zero-order valence-corrected chi connectivity index (χ0v) is 11.7. The molecule has 2 aromatic rings. The van der Waals surface area contributed by atoms with Crippen molar-refractivity contribution in [1.29, 1.82) is 0 Å². The van der Waals surface area contributed by atoms with Crippen molar-refractivity contribution >= 4 is 12.4 Å². The van der Waals surface area contributed by atoms with Crippen molar-refractivity contribution in [2.75, 3.05) is 6.54 Å². The molecule has 1 aromatic carbocycles. The van der Waals surface area contributed by atoms with Crippen LogP contribution in [0.2, 0.25) is 0 Å². The molecule has 0 bridgehead atoms. The standard InChI is InChI=1S/C13H14FN3O2.ClH/c1-7-4-8(2-3-10(7)14)12-16-13(19-17-12)11-5-9(18)6-15-11;/h2-4,9,11,15,18H,5-6H2,1H3;1H/t9-,11-;/m0./s1. The Labute approximate surface area is 121 Å². The molecule has 20 heavy (non-hydrogen) atoms. The Morgan fingerprint density at radius 2 is 2.25 bits per heavy atom. The third-order valence-electron chi connectivity index (χ3n) is 3.26. The van der Waals surface area contributed by atoms with Crippen LogP contribution in [0.3, 0.4) is 0 Å². The van der Waals surface area contributed by atoms with E-state index in [1.807, 2.05) is 0 Å². The average Bonchev–Trinajstić information content (AvgIpc) is 3.01. The van der Waals surface area contributed by atoms with Gasteiger partial charge in [0.2, 0.25) is 11.7 Å². The number of aliphatic hydroxyl groups is 1. The summed E-state index contributed by atoms with van der Waals surface area (Å²) < 4.78 is 18.4. The molecule has 0 spiro atoms. The van der Waals surface area contributed by atoms with Gasteiger partial charge in [-0.1, -0.05) is 5.16 Å². The van der Waals surface area contributed by atoms with Gasteiger partial charge in [-0.05, 0) is 37.1 Å². The predicted molar refractivity (Wildman–Crippen MR) is 73.0 cm³/mol. The normalized spacial score (nSPS) is 21.8. The molecule has 2 N–H and O–H groups in total. The van der Waals surface area contributed by atoms with Gasteiger partial charge in [-0.25, -0.2) is 4.39 Å². The molecule has 1 aliphatic heterocycles. The van der Waals surface area contributed by atoms with Crippen LogP contribution in [0.1, 0.15) is 23.9 Å². The summed E-state index contributed by atoms with van der Waals surface area (Å²) in [5, 5.41) is 16.5. The number of hydrogen-bond acceptors (Lipinski definition) is 5. The molecule has 0 saturated carbocycles. The molecule has 7 heteroatoms. The van der Waals surface area contributed by atoms with E-state index in [1.54, 1.807) is 19.1 Å². The van der Waals surface area contributed by atoms with Gasteiger partial charge in [0.05, 0.1) is 12.1 Å². The monoisotopic (exact) mass is 299 g/mol. The van der Waals surface area contributed by atoms with Crippen LogP contribution in [0, 0.1) is 12.7 Å². The summed E-state index contributed by atoms with van der Waals surface area (Å²) >= 11 is 0. The van der Waals surface area contributed by atoms with Crippen molar-refractivity contribution in [3.05, 3.63) is 35.5 Å². The number of benzene rings is 1. The second kappa shape index (κ2) is 5.87. The van der Waals surface area contributed by atoms with Gasteiger partial charge < -0.3 is 14.9 Å². The highest BCUT2D eigenvalue weighted by molar-refractivity contribution is 5.85. The third-order valence-corrected chi connectivity index (χ3v) is 3.26. The molecule has 1 aromatic heterocycles. The van der Waals surface area contributed by atoms with Crippen molar-refractivity contribution in [1.82, 2.24) is 15.5 Å². The van der Waals surface area contributed by atoms with Gasteiger partial charge in [0, 0.05) is 12.1 Å². The maximum Gasteiger partial charge on any atom is 0.244 e. The summed E-state index contributed by atoms with van der Waals surface area (Å²) in [7, 11) is 0. The molecule has 0 amide bonds. The molecule has 0 radical (unpaired) electrons. The largest absolute Gasteiger partial charge is 0.392 e. The van der Waals surface area contributed by atoms with Crippen LogP contribution < -0.4 is 5.32 Å². The molecule has 0 unspecified atom stereocenters. The maximum absolute atomic E-state index is 13.2. The Kier molecular flexibility index (Phi) is 4.37. The van der Waals surface area contributed by atoms with Crippen molar-refractivity contribution in [2.24, 2.45) is 0 Å². The first kappa shape index (κ1) is 14.9. The third kappa shape index (κ3) is 2.82. The van der Waals surface area contributed by atoms with Crippen molar-refractivity contribution in [2.45, 2.75) is 25.5 Å². The summed E-state index contributed by atoms with van der Waals surface area (Å²) in [4.78, 5) is 4.29. The molecule has 108 valence electrons. The van der Waals surface area contributed by atoms with E-state index in [0.717, 1.165) is 0 Å². The van der Waals surface area contributed by atoms with E-state index >= 15 is 0 Å². The molecule has 5 nitrogen and oxygen atoms in total. The number of nitrogens with one attached hydrogen (secondary N) is 1. The highest BCUT2D eigenvalue weighted by atomic mass is 35.5. The molecular formula is C13H15ClFN3O2. The summed E-state index contributed by atoms with van der Waals surface area (Å²) in [6.45, 7) is 2.22. The van der Waals surface area contributed by atoms with E-state index in [9.17, 15) is 9.50 Å². The number of aromatic nitrogens is 2. The molecular weight excluding hydrogens is 285 g/mol. The molecule has 0 aliphatic carbocycles. The lowest BCUT2D eigenvalue weighted by Gasteiger charge is -2.01. The van der Waals surface area contributed by atoms with Crippen molar-refractivity contribution < 1.29 is 14.0 Å². The highest BCUT2D eigenvalue weighted by Gasteiger charge is 2.28. The van der Waals surface area contributed by atoms with E-state index in [1.165, 1.54) is 6.07 Å². The summed E-state index contributed by atoms with van der Waals surface area (Å²) in [6.07, 6.45) is 0.179. The topological polar surface area (TPSA) is 71.2 Å². The Hall–Kier alpha value is -1.50. The van der Waals surface area contributed by atoms with E-state index in [2.05, 4.69) is 15.5 Å². The van der Waals surface area contributed by atoms with E-state index in [0.29, 0.717) is 35.8 Å². The summed E-state index contributed by atoms with van der Waals surface area (Å²) in [5.41, 5.74) is 1.26. The van der Waals surface area contributed by atoms with Crippen LogP contribution in [-0.4, -0.2) is 27.9 Å². The van der Waals surface area contributed by atoms with E-state index in [4.69, 9.17) is 4.52 Å². The van der Waals surface area contributed by atoms with Gasteiger partial charge >= 0.3 is 0 Å². The zero-order chi connectivity index (χ0) is 13.4. The Morgan fingerprint density at radius 1 is 1.45 bits per heavy atom. The van der Waals surface area contributed by atoms with Crippen LogP contribution in [0.15, 0.2) is 22.7 Å². The van der Waals surface area contributed by atoms with Gasteiger partial charge in [0.1, 0.15) is 5.82 Å². The molecule has 1 saturated heterocycles. The first-order valence-corrected chi connectivity index (χ1v) is 6.15. The minimum Gasteiger partial charge on any atom is -0.392 e. The van der Waals surface area contributed by atoms with Crippen molar-refractivity contribution in [3.63, 3.8) is 0 Å². The minimum atomic E-state index is -0.381. The van der Waals surface area contributed by atoms with E-state index in [-0.39, 0.29) is 30.4 Å². The number of β-amino-alcohol motifs (C(OH)–C–C–N with tert-alkyl or cyclic N) is 1. The lowest BCUT2D eigenvalue weighted by atomic mass is 10.1. The molecule has 2 heterocycles. The number of halogens is 2. The molecule has 1 aliphatic rings. The van der Waals surface area contributed by atoms with E-state index < -0.39 is 0 Å². The fourth-order valence-electron chi connectivity index (χ4n) is 2.18. The smallest absolute Gasteiger partial charge is 0.244 e. The first-order chi connectivity index (χ1) is 9.13. The summed E-state index contributed by atoms with van der Waals surface area (Å²) in [6, 6.07) is 4.57. The highest BCUT2D eigenvalue weighted by Crippen LogP contribution is 2.25. The SMILES string of the molecule is Cc1cc(-c2noc([C@@H]3C[C@H](O)CN3)n2)ccc1F.Cl. The van der Waals surface area contributed by atoms with Gasteiger partial charge in [-0.2, -0.15) is 4.98 Å². The first-order valence-electron chi connectivity index (χ1n) is 6.15. The summed E-state index contributed by atoms with van der Waals surface area (Å²) in [5.74, 6) is 0.628. The van der Waals surface area contributed by atoms with Crippen LogP contribution in [0.25, 0.3) is 11.4 Å². The van der Waals surface area contributed by atoms with Crippen molar-refractivity contribution in [3.8, 4) is 11.4 Å². The Balaban J connectivity index is 0.00000147. The van der Waals surface area contributed by atoms with Crippen LogP contribution in [0.5, 0.6) is 0 Å². The second-order valence-electron chi connectivity index (χ2n) is 4.77.